The molecule has 1 aromatic rings. The van der Waals surface area contributed by atoms with Crippen LogP contribution in [0.25, 0.3) is 0 Å². The fourth-order valence-electron chi connectivity index (χ4n) is 3.47. The number of para-hydroxylation sites is 1. The number of halogens is 2. The van der Waals surface area contributed by atoms with Crippen LogP contribution in [-0.4, -0.2) is 70.6 Å². The van der Waals surface area contributed by atoms with Gasteiger partial charge in [-0.25, -0.2) is 8.42 Å². The fourth-order valence-corrected chi connectivity index (χ4v) is 5.59. The highest BCUT2D eigenvalue weighted by molar-refractivity contribution is 14.0. The van der Waals surface area contributed by atoms with Gasteiger partial charge in [0.1, 0.15) is 0 Å². The highest BCUT2D eigenvalue weighted by atomic mass is 127. The zero-order valence-corrected chi connectivity index (χ0v) is 18.8. The number of benzene rings is 1. The molecule has 2 fully saturated rings. The van der Waals surface area contributed by atoms with Gasteiger partial charge in [0, 0.05) is 39.8 Å². The van der Waals surface area contributed by atoms with Crippen molar-refractivity contribution in [1.29, 1.82) is 0 Å². The maximum absolute atomic E-state index is 11.6. The summed E-state index contributed by atoms with van der Waals surface area (Å²) in [6.07, 6.45) is 0.743. The smallest absolute Gasteiger partial charge is 0.193 e. The summed E-state index contributed by atoms with van der Waals surface area (Å²) in [5.74, 6) is 1.64. The van der Waals surface area contributed by atoms with E-state index in [1.807, 2.05) is 24.3 Å². The van der Waals surface area contributed by atoms with E-state index in [0.29, 0.717) is 12.3 Å². The molecule has 3 rings (SSSR count). The minimum Gasteiger partial charge on any atom is -0.367 e. The van der Waals surface area contributed by atoms with Gasteiger partial charge in [-0.2, -0.15) is 0 Å². The molecule has 1 atom stereocenters. The van der Waals surface area contributed by atoms with Crippen molar-refractivity contribution in [2.45, 2.75) is 6.42 Å². The Bertz CT molecular complexity index is 736. The number of hydrogen-bond donors (Lipinski definition) is 1. The highest BCUT2D eigenvalue weighted by Crippen LogP contribution is 2.26. The predicted molar refractivity (Wildman–Crippen MR) is 119 cm³/mol. The number of nitrogens with zero attached hydrogens (tertiary/aromatic N) is 3. The monoisotopic (exact) mass is 512 g/mol. The zero-order chi connectivity index (χ0) is 17.9. The van der Waals surface area contributed by atoms with E-state index >= 15 is 0 Å². The van der Waals surface area contributed by atoms with Gasteiger partial charge in [-0.3, -0.25) is 4.99 Å². The Morgan fingerprint density at radius 1 is 1.27 bits per heavy atom. The van der Waals surface area contributed by atoms with Crippen molar-refractivity contribution in [2.24, 2.45) is 10.9 Å². The normalized spacial score (nSPS) is 22.8. The summed E-state index contributed by atoms with van der Waals surface area (Å²) in [5, 5.41) is 4.13. The molecule has 26 heavy (non-hydrogen) atoms. The maximum atomic E-state index is 11.6. The minimum absolute atomic E-state index is 0. The van der Waals surface area contributed by atoms with Crippen molar-refractivity contribution in [1.82, 2.24) is 10.2 Å². The highest BCUT2D eigenvalue weighted by Gasteiger charge is 2.28. The van der Waals surface area contributed by atoms with Crippen LogP contribution in [0.5, 0.6) is 0 Å². The molecule has 2 aliphatic rings. The van der Waals surface area contributed by atoms with Crippen molar-refractivity contribution < 1.29 is 8.42 Å². The van der Waals surface area contributed by atoms with E-state index in [1.165, 1.54) is 0 Å². The van der Waals surface area contributed by atoms with Crippen LogP contribution in [0, 0.1) is 5.92 Å². The average molecular weight is 513 g/mol. The summed E-state index contributed by atoms with van der Waals surface area (Å²) in [5.41, 5.74) is 1.07. The lowest BCUT2D eigenvalue weighted by molar-refractivity contribution is 0.369. The Balaban J connectivity index is 0.00000243. The molecule has 0 bridgehead atoms. The first-order valence-electron chi connectivity index (χ1n) is 8.64. The number of nitrogens with one attached hydrogen (secondary N) is 1. The summed E-state index contributed by atoms with van der Waals surface area (Å²) in [6, 6.07) is 7.91. The van der Waals surface area contributed by atoms with Crippen LogP contribution in [0.15, 0.2) is 29.3 Å². The van der Waals surface area contributed by atoms with Crippen LogP contribution in [0.3, 0.4) is 0 Å². The van der Waals surface area contributed by atoms with Crippen LogP contribution < -0.4 is 10.2 Å². The van der Waals surface area contributed by atoms with Crippen molar-refractivity contribution in [3.8, 4) is 0 Å². The molecule has 2 heterocycles. The molecule has 0 aliphatic carbocycles. The third-order valence-electron chi connectivity index (χ3n) is 4.86. The molecule has 0 spiro atoms. The van der Waals surface area contributed by atoms with Gasteiger partial charge in [0.15, 0.2) is 15.8 Å². The summed E-state index contributed by atoms with van der Waals surface area (Å²) in [4.78, 5) is 8.87. The Morgan fingerprint density at radius 2 is 1.96 bits per heavy atom. The van der Waals surface area contributed by atoms with Gasteiger partial charge in [-0.1, -0.05) is 23.7 Å². The third-order valence-corrected chi connectivity index (χ3v) is 7.02. The molecule has 1 N–H and O–H groups in total. The maximum Gasteiger partial charge on any atom is 0.193 e. The predicted octanol–water partition coefficient (Wildman–Crippen LogP) is 2.09. The van der Waals surface area contributed by atoms with Gasteiger partial charge in [0.2, 0.25) is 0 Å². The summed E-state index contributed by atoms with van der Waals surface area (Å²) in [6.45, 7) is 4.13. The van der Waals surface area contributed by atoms with E-state index in [-0.39, 0.29) is 35.6 Å². The number of aliphatic imine (C=N–C) groups is 1. The molecular weight excluding hydrogens is 487 g/mol. The third kappa shape index (κ3) is 5.39. The van der Waals surface area contributed by atoms with Crippen molar-refractivity contribution in [3.05, 3.63) is 29.3 Å². The summed E-state index contributed by atoms with van der Waals surface area (Å²) >= 11 is 6.29. The Hall–Kier alpha value is -0.740. The van der Waals surface area contributed by atoms with E-state index < -0.39 is 9.84 Å². The van der Waals surface area contributed by atoms with Crippen molar-refractivity contribution in [3.63, 3.8) is 0 Å². The lowest BCUT2D eigenvalue weighted by Crippen LogP contribution is -2.53. The molecule has 1 aromatic carbocycles. The molecule has 0 amide bonds. The molecule has 2 saturated heterocycles. The van der Waals surface area contributed by atoms with Crippen LogP contribution in [-0.2, 0) is 9.84 Å². The average Bonchev–Trinajstić information content (AvgIpc) is 2.95. The van der Waals surface area contributed by atoms with Crippen molar-refractivity contribution in [2.75, 3.05) is 56.2 Å². The number of guanidine groups is 1. The van der Waals surface area contributed by atoms with Gasteiger partial charge >= 0.3 is 0 Å². The largest absolute Gasteiger partial charge is 0.367 e. The van der Waals surface area contributed by atoms with Gasteiger partial charge in [-0.05, 0) is 24.5 Å². The summed E-state index contributed by atoms with van der Waals surface area (Å²) in [7, 11) is -1.06. The van der Waals surface area contributed by atoms with Crippen LogP contribution >= 0.6 is 35.6 Å². The molecular formula is C17H26ClIN4O2S. The molecule has 0 saturated carbocycles. The molecule has 0 radical (unpaired) electrons. The van der Waals surface area contributed by atoms with E-state index in [2.05, 4.69) is 20.1 Å². The molecule has 9 heteroatoms. The van der Waals surface area contributed by atoms with Gasteiger partial charge in [0.25, 0.3) is 0 Å². The molecule has 146 valence electrons. The van der Waals surface area contributed by atoms with Crippen LogP contribution in [0.2, 0.25) is 5.02 Å². The summed E-state index contributed by atoms with van der Waals surface area (Å²) < 4.78 is 23.1. The number of piperazine rings is 1. The van der Waals surface area contributed by atoms with E-state index in [0.717, 1.165) is 49.3 Å². The number of rotatable bonds is 3. The second-order valence-corrected chi connectivity index (χ2v) is 9.26. The Labute approximate surface area is 177 Å². The van der Waals surface area contributed by atoms with Crippen LogP contribution in [0.4, 0.5) is 5.69 Å². The van der Waals surface area contributed by atoms with E-state index in [1.54, 1.807) is 7.05 Å². The molecule has 2 aliphatic heterocycles. The van der Waals surface area contributed by atoms with Crippen molar-refractivity contribution >= 4 is 57.1 Å². The second kappa shape index (κ2) is 9.45. The molecule has 6 nitrogen and oxygen atoms in total. The topological polar surface area (TPSA) is 65.0 Å². The Morgan fingerprint density at radius 3 is 2.54 bits per heavy atom. The van der Waals surface area contributed by atoms with Crippen LogP contribution in [0.1, 0.15) is 6.42 Å². The number of anilines is 1. The molecule has 0 aromatic heterocycles. The quantitative estimate of drug-likeness (QED) is 0.382. The lowest BCUT2D eigenvalue weighted by Gasteiger charge is -2.38. The molecule has 1 unspecified atom stereocenters. The first-order chi connectivity index (χ1) is 12.0. The Kier molecular flexibility index (Phi) is 7.84. The number of hydrogen-bond acceptors (Lipinski definition) is 4. The number of sulfone groups is 1. The van der Waals surface area contributed by atoms with E-state index in [4.69, 9.17) is 11.6 Å². The fraction of sp³-hybridized carbons (Fsp3) is 0.588. The van der Waals surface area contributed by atoms with E-state index in [9.17, 15) is 8.42 Å². The first-order valence-corrected chi connectivity index (χ1v) is 10.8. The lowest BCUT2D eigenvalue weighted by atomic mass is 10.1. The van der Waals surface area contributed by atoms with Gasteiger partial charge < -0.3 is 15.1 Å². The minimum atomic E-state index is -2.83. The standard InChI is InChI=1S/C17H25ClN4O2S.HI/c1-19-17(20-12-14-6-11-25(23,24)13-14)22-9-7-21(8-10-22)16-5-3-2-4-15(16)18;/h2-5,14H,6-13H2,1H3,(H,19,20);1H. The second-order valence-electron chi connectivity index (χ2n) is 6.62. The van der Waals surface area contributed by atoms with Gasteiger partial charge in [0.05, 0.1) is 22.2 Å². The zero-order valence-electron chi connectivity index (χ0n) is 14.9. The van der Waals surface area contributed by atoms with Gasteiger partial charge in [-0.15, -0.1) is 24.0 Å². The first kappa shape index (κ1) is 21.6. The SMILES string of the molecule is CN=C(NCC1CCS(=O)(=O)C1)N1CCN(c2ccccc2Cl)CC1.I.